The molecule has 0 spiro atoms. The summed E-state index contributed by atoms with van der Waals surface area (Å²) in [4.78, 5) is 14.9. The van der Waals surface area contributed by atoms with Crippen molar-refractivity contribution in [3.8, 4) is 0 Å². The highest BCUT2D eigenvalue weighted by molar-refractivity contribution is 7.18. The highest BCUT2D eigenvalue weighted by Crippen LogP contribution is 2.34. The molecule has 2 heterocycles. The van der Waals surface area contributed by atoms with Crippen LogP contribution in [0.5, 0.6) is 0 Å². The van der Waals surface area contributed by atoms with E-state index in [-0.39, 0.29) is 5.91 Å². The third-order valence-corrected chi connectivity index (χ3v) is 5.08. The van der Waals surface area contributed by atoms with Crippen LogP contribution in [-0.2, 0) is 0 Å². The standard InChI is InChI=1S/C15H25N3O2S/c1-3-7-17-14(19)13-11(16)10-12(21-13)18-8-4-5-15(2,20)6-9-18/h10,20H,3-9,16H2,1-2H3,(H,17,19). The number of nitrogen functional groups attached to an aromatic ring is 1. The number of thiophene rings is 1. The van der Waals surface area contributed by atoms with Gasteiger partial charge in [0, 0.05) is 19.6 Å². The van der Waals surface area contributed by atoms with Crippen molar-refractivity contribution in [1.29, 1.82) is 0 Å². The van der Waals surface area contributed by atoms with Gasteiger partial charge in [0.25, 0.3) is 5.91 Å². The zero-order valence-electron chi connectivity index (χ0n) is 12.8. The summed E-state index contributed by atoms with van der Waals surface area (Å²) in [6.07, 6.45) is 3.41. The van der Waals surface area contributed by atoms with E-state index in [4.69, 9.17) is 5.73 Å². The molecule has 1 atom stereocenters. The quantitative estimate of drug-likeness (QED) is 0.796. The van der Waals surface area contributed by atoms with Gasteiger partial charge in [0.15, 0.2) is 0 Å². The Morgan fingerprint density at radius 3 is 3.00 bits per heavy atom. The molecule has 4 N–H and O–H groups in total. The molecule has 1 aromatic rings. The van der Waals surface area contributed by atoms with Gasteiger partial charge in [-0.25, -0.2) is 0 Å². The van der Waals surface area contributed by atoms with Gasteiger partial charge in [0.2, 0.25) is 0 Å². The Morgan fingerprint density at radius 2 is 2.29 bits per heavy atom. The molecule has 1 fully saturated rings. The first kappa shape index (κ1) is 16.1. The second-order valence-corrected chi connectivity index (χ2v) is 6.99. The number of rotatable bonds is 4. The fourth-order valence-electron chi connectivity index (χ4n) is 2.53. The maximum atomic E-state index is 12.1. The lowest BCUT2D eigenvalue weighted by atomic mass is 9.98. The van der Waals surface area contributed by atoms with Crippen LogP contribution in [0.3, 0.4) is 0 Å². The number of carbonyl (C=O) groups is 1. The molecular formula is C15H25N3O2S. The van der Waals surface area contributed by atoms with Crippen LogP contribution in [0.1, 0.15) is 49.2 Å². The largest absolute Gasteiger partial charge is 0.397 e. The van der Waals surface area contributed by atoms with E-state index in [2.05, 4.69) is 10.2 Å². The Kier molecular flexibility index (Phi) is 5.11. The zero-order chi connectivity index (χ0) is 15.5. The van der Waals surface area contributed by atoms with Gasteiger partial charge in [0.05, 0.1) is 16.3 Å². The molecule has 0 aromatic carbocycles. The maximum absolute atomic E-state index is 12.1. The lowest BCUT2D eigenvalue weighted by molar-refractivity contribution is 0.0481. The van der Waals surface area contributed by atoms with Crippen molar-refractivity contribution in [2.45, 2.75) is 45.1 Å². The SMILES string of the molecule is CCCNC(=O)c1sc(N2CCCC(C)(O)CC2)cc1N. The Bertz CT molecular complexity index is 499. The number of anilines is 2. The number of nitrogens with two attached hydrogens (primary N) is 1. The first-order chi connectivity index (χ1) is 9.93. The fourth-order valence-corrected chi connectivity index (χ4v) is 3.58. The summed E-state index contributed by atoms with van der Waals surface area (Å²) in [5.41, 5.74) is 5.94. The molecule has 2 rings (SSSR count). The minimum atomic E-state index is -0.584. The van der Waals surface area contributed by atoms with Crippen LogP contribution >= 0.6 is 11.3 Å². The molecule has 1 aliphatic heterocycles. The average Bonchev–Trinajstić information content (AvgIpc) is 2.71. The molecular weight excluding hydrogens is 286 g/mol. The average molecular weight is 311 g/mol. The smallest absolute Gasteiger partial charge is 0.263 e. The van der Waals surface area contributed by atoms with E-state index in [1.54, 1.807) is 0 Å². The molecule has 21 heavy (non-hydrogen) atoms. The van der Waals surface area contributed by atoms with Crippen LogP contribution < -0.4 is 16.0 Å². The number of hydrogen-bond acceptors (Lipinski definition) is 5. The van der Waals surface area contributed by atoms with E-state index >= 15 is 0 Å². The molecule has 5 nitrogen and oxygen atoms in total. The van der Waals surface area contributed by atoms with E-state index in [0.717, 1.165) is 43.8 Å². The minimum Gasteiger partial charge on any atom is -0.397 e. The molecule has 1 aromatic heterocycles. The molecule has 0 radical (unpaired) electrons. The molecule has 0 saturated carbocycles. The van der Waals surface area contributed by atoms with Crippen LogP contribution in [0.25, 0.3) is 0 Å². The summed E-state index contributed by atoms with van der Waals surface area (Å²) in [7, 11) is 0. The van der Waals surface area contributed by atoms with E-state index in [1.165, 1.54) is 11.3 Å². The molecule has 1 unspecified atom stereocenters. The van der Waals surface area contributed by atoms with E-state index in [9.17, 15) is 9.90 Å². The van der Waals surface area contributed by atoms with Gasteiger partial charge < -0.3 is 21.1 Å². The molecule has 118 valence electrons. The lowest BCUT2D eigenvalue weighted by Crippen LogP contribution is -2.27. The summed E-state index contributed by atoms with van der Waals surface area (Å²) >= 11 is 1.44. The third kappa shape index (κ3) is 4.11. The van der Waals surface area contributed by atoms with E-state index in [0.29, 0.717) is 17.1 Å². The normalized spacial score (nSPS) is 22.9. The first-order valence-electron chi connectivity index (χ1n) is 7.58. The predicted octanol–water partition coefficient (Wildman–Crippen LogP) is 2.21. The number of aliphatic hydroxyl groups is 1. The monoisotopic (exact) mass is 311 g/mol. The number of amides is 1. The van der Waals surface area contributed by atoms with Gasteiger partial charge in [-0.3, -0.25) is 4.79 Å². The van der Waals surface area contributed by atoms with Crippen molar-refractivity contribution in [1.82, 2.24) is 5.32 Å². The van der Waals surface area contributed by atoms with Crippen molar-refractivity contribution >= 4 is 27.9 Å². The second-order valence-electron chi connectivity index (χ2n) is 5.96. The lowest BCUT2D eigenvalue weighted by Gasteiger charge is -2.22. The Labute approximate surface area is 130 Å². The highest BCUT2D eigenvalue weighted by Gasteiger charge is 2.26. The van der Waals surface area contributed by atoms with Crippen LogP contribution in [0, 0.1) is 0 Å². The number of hydrogen-bond donors (Lipinski definition) is 3. The Hall–Kier alpha value is -1.27. The summed E-state index contributed by atoms with van der Waals surface area (Å²) in [5.74, 6) is -0.0904. The van der Waals surface area contributed by atoms with E-state index in [1.807, 2.05) is 19.9 Å². The van der Waals surface area contributed by atoms with Crippen molar-refractivity contribution in [2.75, 3.05) is 30.3 Å². The summed E-state index contributed by atoms with van der Waals surface area (Å²) in [6, 6.07) is 1.88. The zero-order valence-corrected chi connectivity index (χ0v) is 13.6. The maximum Gasteiger partial charge on any atom is 0.263 e. The second kappa shape index (κ2) is 6.66. The van der Waals surface area contributed by atoms with Gasteiger partial charge in [0.1, 0.15) is 4.88 Å². The van der Waals surface area contributed by atoms with Gasteiger partial charge in [-0.2, -0.15) is 0 Å². The first-order valence-corrected chi connectivity index (χ1v) is 8.39. The number of nitrogens with one attached hydrogen (secondary N) is 1. The van der Waals surface area contributed by atoms with Crippen LogP contribution in [0.15, 0.2) is 6.07 Å². The minimum absolute atomic E-state index is 0.0904. The fraction of sp³-hybridized carbons (Fsp3) is 0.667. The van der Waals surface area contributed by atoms with Gasteiger partial charge in [-0.1, -0.05) is 6.92 Å². The topological polar surface area (TPSA) is 78.6 Å². The number of nitrogens with zero attached hydrogens (tertiary/aromatic N) is 1. The van der Waals surface area contributed by atoms with Gasteiger partial charge in [-0.15, -0.1) is 11.3 Å². The molecule has 6 heteroatoms. The molecule has 0 aliphatic carbocycles. The van der Waals surface area contributed by atoms with Crippen LogP contribution in [-0.4, -0.2) is 36.2 Å². The molecule has 1 amide bonds. The van der Waals surface area contributed by atoms with Crippen LogP contribution in [0.2, 0.25) is 0 Å². The summed E-state index contributed by atoms with van der Waals surface area (Å²) < 4.78 is 0. The molecule has 0 bridgehead atoms. The van der Waals surface area contributed by atoms with Crippen molar-refractivity contribution in [3.63, 3.8) is 0 Å². The highest BCUT2D eigenvalue weighted by atomic mass is 32.1. The Morgan fingerprint density at radius 1 is 1.52 bits per heavy atom. The Balaban J connectivity index is 2.09. The number of carbonyl (C=O) groups excluding carboxylic acids is 1. The molecule has 1 saturated heterocycles. The molecule has 1 aliphatic rings. The van der Waals surface area contributed by atoms with Gasteiger partial charge in [-0.05, 0) is 38.7 Å². The van der Waals surface area contributed by atoms with Gasteiger partial charge >= 0.3 is 0 Å². The summed E-state index contributed by atoms with van der Waals surface area (Å²) in [5, 5.41) is 14.0. The van der Waals surface area contributed by atoms with Crippen LogP contribution in [0.4, 0.5) is 10.7 Å². The van der Waals surface area contributed by atoms with Crippen molar-refractivity contribution in [2.24, 2.45) is 0 Å². The third-order valence-electron chi connectivity index (χ3n) is 3.86. The van der Waals surface area contributed by atoms with Crippen molar-refractivity contribution < 1.29 is 9.90 Å². The predicted molar refractivity (Wildman–Crippen MR) is 88.0 cm³/mol. The van der Waals surface area contributed by atoms with Crippen molar-refractivity contribution in [3.05, 3.63) is 10.9 Å². The summed E-state index contributed by atoms with van der Waals surface area (Å²) in [6.45, 7) is 6.27. The van der Waals surface area contributed by atoms with E-state index < -0.39 is 5.60 Å².